The molecule has 1 aliphatic heterocycles. The van der Waals surface area contributed by atoms with Gasteiger partial charge in [-0.1, -0.05) is 66.9 Å². The number of hydrogen-bond donors (Lipinski definition) is 0. The average molecular weight is 380 g/mol. The molecule has 3 aliphatic rings. The van der Waals surface area contributed by atoms with Crippen molar-refractivity contribution in [2.75, 3.05) is 6.54 Å². The monoisotopic (exact) mass is 379 g/mol. The van der Waals surface area contributed by atoms with Crippen LogP contribution < -0.4 is 0 Å². The Hall–Kier alpha value is -2.07. The van der Waals surface area contributed by atoms with Crippen molar-refractivity contribution < 1.29 is 8.42 Å². The highest BCUT2D eigenvalue weighted by molar-refractivity contribution is 7.89. The molecule has 0 N–H and O–H groups in total. The van der Waals surface area contributed by atoms with Gasteiger partial charge in [-0.05, 0) is 43.4 Å². The standard InChI is InChI=1S/C23H25NO2S/c1-18-10-12-20(13-11-18)27(25,26)24-16-15-23(19-7-3-2-4-8-19)21-9-5-6-14-22(21,23)17-24/h2-4,7-8,10-13,15-16,21H,5-6,9,14,17H2,1H3/t21-,22-,23-/m0/s1. The summed E-state index contributed by atoms with van der Waals surface area (Å²) >= 11 is 0. The predicted octanol–water partition coefficient (Wildman–Crippen LogP) is 4.64. The van der Waals surface area contributed by atoms with Gasteiger partial charge >= 0.3 is 0 Å². The van der Waals surface area contributed by atoms with Crippen LogP contribution >= 0.6 is 0 Å². The van der Waals surface area contributed by atoms with Crippen LogP contribution in [0.25, 0.3) is 0 Å². The number of nitrogens with zero attached hydrogens (tertiary/aromatic N) is 1. The molecule has 0 radical (unpaired) electrons. The Bertz CT molecular complexity index is 996. The van der Waals surface area contributed by atoms with Crippen LogP contribution in [-0.4, -0.2) is 19.3 Å². The van der Waals surface area contributed by atoms with E-state index in [0.29, 0.717) is 17.4 Å². The Labute approximate surface area is 161 Å². The summed E-state index contributed by atoms with van der Waals surface area (Å²) in [5.41, 5.74) is 2.49. The van der Waals surface area contributed by atoms with Crippen molar-refractivity contribution >= 4 is 10.0 Å². The Morgan fingerprint density at radius 2 is 1.74 bits per heavy atom. The van der Waals surface area contributed by atoms with E-state index in [0.717, 1.165) is 12.0 Å². The van der Waals surface area contributed by atoms with E-state index in [1.807, 2.05) is 25.3 Å². The molecule has 5 rings (SSSR count). The Kier molecular flexibility index (Phi) is 3.61. The molecule has 1 heterocycles. The number of fused-ring (bicyclic) bond motifs is 1. The maximum Gasteiger partial charge on any atom is 0.263 e. The van der Waals surface area contributed by atoms with Crippen molar-refractivity contribution in [1.29, 1.82) is 0 Å². The van der Waals surface area contributed by atoms with E-state index in [1.54, 1.807) is 16.4 Å². The maximum absolute atomic E-state index is 13.2. The van der Waals surface area contributed by atoms with Gasteiger partial charge in [0.1, 0.15) is 0 Å². The van der Waals surface area contributed by atoms with E-state index >= 15 is 0 Å². The SMILES string of the molecule is Cc1ccc(S(=O)(=O)N2C=C[C@]3(c4ccccc4)[C@H]4CCCC[C@]43C2)cc1. The third kappa shape index (κ3) is 2.22. The highest BCUT2D eigenvalue weighted by Crippen LogP contribution is 2.77. The molecule has 2 aromatic rings. The normalized spacial score (nSPS) is 31.9. The minimum atomic E-state index is -3.50. The summed E-state index contributed by atoms with van der Waals surface area (Å²) in [6.45, 7) is 2.57. The number of aryl methyl sites for hydroxylation is 1. The zero-order valence-corrected chi connectivity index (χ0v) is 16.5. The van der Waals surface area contributed by atoms with Gasteiger partial charge < -0.3 is 0 Å². The van der Waals surface area contributed by atoms with Crippen molar-refractivity contribution in [3.8, 4) is 0 Å². The van der Waals surface area contributed by atoms with E-state index in [2.05, 4.69) is 36.4 Å². The Balaban J connectivity index is 1.56. The first kappa shape index (κ1) is 17.1. The highest BCUT2D eigenvalue weighted by atomic mass is 32.2. The van der Waals surface area contributed by atoms with Gasteiger partial charge in [-0.2, -0.15) is 0 Å². The second-order valence-electron chi connectivity index (χ2n) is 8.37. The third-order valence-electron chi connectivity index (χ3n) is 7.14. The molecule has 0 saturated heterocycles. The van der Waals surface area contributed by atoms with Crippen LogP contribution in [0.5, 0.6) is 0 Å². The lowest BCUT2D eigenvalue weighted by atomic mass is 9.81. The first-order valence-corrected chi connectivity index (χ1v) is 11.3. The summed E-state index contributed by atoms with van der Waals surface area (Å²) in [7, 11) is -3.50. The van der Waals surface area contributed by atoms with E-state index in [9.17, 15) is 8.42 Å². The molecule has 2 fully saturated rings. The smallest absolute Gasteiger partial charge is 0.263 e. The van der Waals surface area contributed by atoms with E-state index < -0.39 is 10.0 Å². The average Bonchev–Trinajstić information content (AvgIpc) is 3.33. The fraction of sp³-hybridized carbons (Fsp3) is 0.391. The molecule has 4 heteroatoms. The first-order chi connectivity index (χ1) is 13.0. The minimum absolute atomic E-state index is 0.0179. The number of hydrogen-bond acceptors (Lipinski definition) is 2. The zero-order valence-electron chi connectivity index (χ0n) is 15.6. The largest absolute Gasteiger partial charge is 0.273 e. The van der Waals surface area contributed by atoms with Crippen LogP contribution in [0.3, 0.4) is 0 Å². The summed E-state index contributed by atoms with van der Waals surface area (Å²) < 4.78 is 28.1. The van der Waals surface area contributed by atoms with Crippen LogP contribution in [0, 0.1) is 18.3 Å². The van der Waals surface area contributed by atoms with Gasteiger partial charge in [-0.15, -0.1) is 0 Å². The number of sulfonamides is 1. The summed E-state index contributed by atoms with van der Waals surface area (Å²) in [4.78, 5) is 0.384. The second kappa shape index (κ2) is 5.71. The van der Waals surface area contributed by atoms with Gasteiger partial charge in [0.05, 0.1) is 4.90 Å². The molecular weight excluding hydrogens is 354 g/mol. The van der Waals surface area contributed by atoms with Crippen LogP contribution in [0.4, 0.5) is 0 Å². The van der Waals surface area contributed by atoms with E-state index in [1.165, 1.54) is 24.8 Å². The lowest BCUT2D eigenvalue weighted by Gasteiger charge is -2.34. The molecule has 140 valence electrons. The lowest BCUT2D eigenvalue weighted by molar-refractivity contribution is 0.271. The highest BCUT2D eigenvalue weighted by Gasteiger charge is 2.76. The minimum Gasteiger partial charge on any atom is -0.273 e. The molecule has 2 aromatic carbocycles. The lowest BCUT2D eigenvalue weighted by Crippen LogP contribution is -2.38. The fourth-order valence-corrected chi connectivity index (χ4v) is 7.20. The molecule has 0 unspecified atom stereocenters. The summed E-state index contributed by atoms with van der Waals surface area (Å²) in [5, 5.41) is 0. The molecule has 27 heavy (non-hydrogen) atoms. The van der Waals surface area contributed by atoms with Crippen molar-refractivity contribution in [2.24, 2.45) is 11.3 Å². The van der Waals surface area contributed by atoms with Crippen molar-refractivity contribution in [3.05, 3.63) is 78.0 Å². The van der Waals surface area contributed by atoms with Gasteiger partial charge in [0.2, 0.25) is 0 Å². The molecule has 0 amide bonds. The molecule has 0 bridgehead atoms. The second-order valence-corrected chi connectivity index (χ2v) is 10.3. The van der Waals surface area contributed by atoms with Gasteiger partial charge in [0.15, 0.2) is 0 Å². The molecule has 0 aromatic heterocycles. The van der Waals surface area contributed by atoms with Gasteiger partial charge in [0.25, 0.3) is 10.0 Å². The maximum atomic E-state index is 13.2. The number of benzene rings is 2. The number of allylic oxidation sites excluding steroid dienone is 1. The predicted molar refractivity (Wildman–Crippen MR) is 107 cm³/mol. The fourth-order valence-electron chi connectivity index (χ4n) is 5.83. The van der Waals surface area contributed by atoms with Gasteiger partial charge in [-0.3, -0.25) is 4.31 Å². The van der Waals surface area contributed by atoms with Crippen LogP contribution in [-0.2, 0) is 15.4 Å². The van der Waals surface area contributed by atoms with Crippen LogP contribution in [0.15, 0.2) is 71.8 Å². The molecular formula is C23H25NO2S. The van der Waals surface area contributed by atoms with Gasteiger partial charge in [-0.25, -0.2) is 8.42 Å². The topological polar surface area (TPSA) is 37.4 Å². The van der Waals surface area contributed by atoms with E-state index in [4.69, 9.17) is 0 Å². The Morgan fingerprint density at radius 1 is 1.00 bits per heavy atom. The summed E-state index contributed by atoms with van der Waals surface area (Å²) in [6.07, 6.45) is 8.78. The number of rotatable bonds is 3. The summed E-state index contributed by atoms with van der Waals surface area (Å²) in [6, 6.07) is 17.9. The first-order valence-electron chi connectivity index (χ1n) is 9.84. The third-order valence-corrected chi connectivity index (χ3v) is 8.88. The summed E-state index contributed by atoms with van der Waals surface area (Å²) in [5.74, 6) is 0.551. The van der Waals surface area contributed by atoms with Crippen molar-refractivity contribution in [3.63, 3.8) is 0 Å². The van der Waals surface area contributed by atoms with Crippen molar-refractivity contribution in [1.82, 2.24) is 4.31 Å². The molecule has 2 aliphatic carbocycles. The molecule has 3 nitrogen and oxygen atoms in total. The molecule has 2 saturated carbocycles. The zero-order chi connectivity index (χ0) is 18.7. The molecule has 1 spiro atoms. The Morgan fingerprint density at radius 3 is 2.48 bits per heavy atom. The van der Waals surface area contributed by atoms with E-state index in [-0.39, 0.29) is 10.8 Å². The van der Waals surface area contributed by atoms with Crippen molar-refractivity contribution in [2.45, 2.75) is 42.9 Å². The molecule has 3 atom stereocenters. The van der Waals surface area contributed by atoms with Crippen LogP contribution in [0.2, 0.25) is 0 Å². The quantitative estimate of drug-likeness (QED) is 0.779. The van der Waals surface area contributed by atoms with Crippen LogP contribution in [0.1, 0.15) is 36.8 Å². The van der Waals surface area contributed by atoms with Gasteiger partial charge in [0, 0.05) is 23.6 Å².